The molecule has 2 heterocycles. The number of para-hydroxylation sites is 2. The fourth-order valence-corrected chi connectivity index (χ4v) is 3.62. The van der Waals surface area contributed by atoms with Gasteiger partial charge in [-0.1, -0.05) is 42.5 Å². The molecule has 2 N–H and O–H groups in total. The van der Waals surface area contributed by atoms with Crippen LogP contribution in [-0.2, 0) is 6.42 Å². The first-order valence-corrected chi connectivity index (χ1v) is 9.59. The van der Waals surface area contributed by atoms with Crippen LogP contribution in [0.5, 0.6) is 0 Å². The van der Waals surface area contributed by atoms with E-state index in [0.717, 1.165) is 35.2 Å². The maximum Gasteiger partial charge on any atom is 0.162 e. The van der Waals surface area contributed by atoms with Crippen molar-refractivity contribution in [2.24, 2.45) is 0 Å². The summed E-state index contributed by atoms with van der Waals surface area (Å²) in [4.78, 5) is 12.6. The van der Waals surface area contributed by atoms with E-state index in [2.05, 4.69) is 39.7 Å². The lowest BCUT2D eigenvalue weighted by Crippen LogP contribution is -2.08. The maximum absolute atomic E-state index is 13.7. The van der Waals surface area contributed by atoms with Gasteiger partial charge in [-0.05, 0) is 42.3 Å². The van der Waals surface area contributed by atoms with Crippen molar-refractivity contribution in [1.29, 1.82) is 0 Å². The zero-order valence-corrected chi connectivity index (χ0v) is 15.7. The van der Waals surface area contributed by atoms with Gasteiger partial charge in [0.2, 0.25) is 0 Å². The number of H-pyrrole nitrogens is 1. The topological polar surface area (TPSA) is 53.6 Å². The Morgan fingerprint density at radius 2 is 1.69 bits per heavy atom. The summed E-state index contributed by atoms with van der Waals surface area (Å²) >= 11 is 0. The molecule has 5 rings (SSSR count). The predicted molar refractivity (Wildman–Crippen MR) is 115 cm³/mol. The van der Waals surface area contributed by atoms with E-state index in [-0.39, 0.29) is 5.82 Å². The van der Waals surface area contributed by atoms with Crippen LogP contribution in [0.25, 0.3) is 33.2 Å². The molecule has 0 bridgehead atoms. The van der Waals surface area contributed by atoms with Crippen LogP contribution in [0.2, 0.25) is 0 Å². The molecule has 0 atom stereocenters. The molecule has 29 heavy (non-hydrogen) atoms. The SMILES string of the molecule is Fc1cccc(-c2nc(NCCc3c[nH]c4ccccc34)c3ccccc3n2)c1. The number of rotatable bonds is 5. The molecular weight excluding hydrogens is 363 g/mol. The number of aromatic amines is 1. The monoisotopic (exact) mass is 382 g/mol. The second kappa shape index (κ2) is 7.36. The Bertz CT molecular complexity index is 1310. The molecule has 0 radical (unpaired) electrons. The van der Waals surface area contributed by atoms with Gasteiger partial charge in [0.05, 0.1) is 5.52 Å². The largest absolute Gasteiger partial charge is 0.369 e. The number of halogens is 1. The van der Waals surface area contributed by atoms with E-state index >= 15 is 0 Å². The minimum absolute atomic E-state index is 0.298. The van der Waals surface area contributed by atoms with Gasteiger partial charge in [0, 0.05) is 34.6 Å². The highest BCUT2D eigenvalue weighted by Crippen LogP contribution is 2.25. The van der Waals surface area contributed by atoms with Crippen molar-refractivity contribution in [3.63, 3.8) is 0 Å². The van der Waals surface area contributed by atoms with Gasteiger partial charge in [-0.3, -0.25) is 0 Å². The van der Waals surface area contributed by atoms with Crippen molar-refractivity contribution in [1.82, 2.24) is 15.0 Å². The second-order valence-electron chi connectivity index (χ2n) is 6.96. The first-order valence-electron chi connectivity index (χ1n) is 9.59. The number of aromatic nitrogens is 3. The van der Waals surface area contributed by atoms with E-state index in [4.69, 9.17) is 4.98 Å². The van der Waals surface area contributed by atoms with Crippen LogP contribution in [0.15, 0.2) is 79.0 Å². The van der Waals surface area contributed by atoms with Gasteiger partial charge in [0.25, 0.3) is 0 Å². The Morgan fingerprint density at radius 1 is 0.862 bits per heavy atom. The first kappa shape index (κ1) is 17.4. The van der Waals surface area contributed by atoms with E-state index in [1.165, 1.54) is 23.1 Å². The molecule has 0 unspecified atom stereocenters. The van der Waals surface area contributed by atoms with E-state index in [1.807, 2.05) is 36.4 Å². The molecule has 0 aliphatic heterocycles. The highest BCUT2D eigenvalue weighted by atomic mass is 19.1. The van der Waals surface area contributed by atoms with E-state index in [0.29, 0.717) is 11.4 Å². The van der Waals surface area contributed by atoms with Gasteiger partial charge in [0.1, 0.15) is 11.6 Å². The molecule has 0 amide bonds. The molecule has 0 saturated carbocycles. The Morgan fingerprint density at radius 3 is 2.59 bits per heavy atom. The summed E-state index contributed by atoms with van der Waals surface area (Å²) in [6, 6.07) is 22.5. The standard InChI is InChI=1S/C24H19FN4/c25-18-7-5-6-16(14-18)23-28-22-11-4-2-9-20(22)24(29-23)26-13-12-17-15-27-21-10-3-1-8-19(17)21/h1-11,14-15,27H,12-13H2,(H,26,28,29). The zero-order chi connectivity index (χ0) is 19.6. The highest BCUT2D eigenvalue weighted by molar-refractivity contribution is 5.90. The summed E-state index contributed by atoms with van der Waals surface area (Å²) < 4.78 is 13.7. The van der Waals surface area contributed by atoms with Crippen LogP contribution in [0, 0.1) is 5.82 Å². The smallest absolute Gasteiger partial charge is 0.162 e. The third-order valence-corrected chi connectivity index (χ3v) is 5.05. The molecule has 0 spiro atoms. The average molecular weight is 382 g/mol. The molecule has 5 heteroatoms. The number of hydrogen-bond donors (Lipinski definition) is 2. The Hall–Kier alpha value is -3.73. The molecule has 2 aromatic heterocycles. The quantitative estimate of drug-likeness (QED) is 0.418. The lowest BCUT2D eigenvalue weighted by Gasteiger charge is -2.11. The number of benzene rings is 3. The van der Waals surface area contributed by atoms with Crippen LogP contribution < -0.4 is 5.32 Å². The molecule has 142 valence electrons. The first-order chi connectivity index (χ1) is 14.3. The summed E-state index contributed by atoms with van der Waals surface area (Å²) in [6.45, 7) is 0.728. The lowest BCUT2D eigenvalue weighted by molar-refractivity contribution is 0.628. The fraction of sp³-hybridized carbons (Fsp3) is 0.0833. The van der Waals surface area contributed by atoms with Gasteiger partial charge in [0.15, 0.2) is 5.82 Å². The van der Waals surface area contributed by atoms with E-state index in [1.54, 1.807) is 6.07 Å². The van der Waals surface area contributed by atoms with E-state index < -0.39 is 0 Å². The van der Waals surface area contributed by atoms with Crippen LogP contribution in [0.1, 0.15) is 5.56 Å². The van der Waals surface area contributed by atoms with Crippen molar-refractivity contribution < 1.29 is 4.39 Å². The van der Waals surface area contributed by atoms with E-state index in [9.17, 15) is 4.39 Å². The number of anilines is 1. The summed E-state index contributed by atoms with van der Waals surface area (Å²) in [6.07, 6.45) is 2.92. The van der Waals surface area contributed by atoms with Gasteiger partial charge in [-0.15, -0.1) is 0 Å². The average Bonchev–Trinajstić information content (AvgIpc) is 3.17. The molecule has 4 nitrogen and oxygen atoms in total. The van der Waals surface area contributed by atoms with Gasteiger partial charge in [-0.25, -0.2) is 14.4 Å². The Labute approximate surface area is 167 Å². The molecule has 0 fully saturated rings. The number of nitrogens with zero attached hydrogens (tertiary/aromatic N) is 2. The summed E-state index contributed by atoms with van der Waals surface area (Å²) in [5.41, 5.74) is 3.90. The van der Waals surface area contributed by atoms with Crippen molar-refractivity contribution in [3.8, 4) is 11.4 Å². The van der Waals surface area contributed by atoms with Gasteiger partial charge >= 0.3 is 0 Å². The van der Waals surface area contributed by atoms with Crippen LogP contribution in [0.4, 0.5) is 10.2 Å². The Balaban J connectivity index is 1.45. The number of hydrogen-bond acceptors (Lipinski definition) is 3. The zero-order valence-electron chi connectivity index (χ0n) is 15.7. The number of fused-ring (bicyclic) bond motifs is 2. The van der Waals surface area contributed by atoms with Crippen LogP contribution in [-0.4, -0.2) is 21.5 Å². The molecule has 5 aromatic rings. The minimum Gasteiger partial charge on any atom is -0.369 e. The normalized spacial score (nSPS) is 11.2. The highest BCUT2D eigenvalue weighted by Gasteiger charge is 2.10. The summed E-state index contributed by atoms with van der Waals surface area (Å²) in [5.74, 6) is 0.973. The van der Waals surface area contributed by atoms with Crippen molar-refractivity contribution in [3.05, 3.63) is 90.4 Å². The summed E-state index contributed by atoms with van der Waals surface area (Å²) in [5, 5.41) is 5.65. The lowest BCUT2D eigenvalue weighted by atomic mass is 10.1. The molecule has 0 saturated heterocycles. The van der Waals surface area contributed by atoms with Crippen LogP contribution >= 0.6 is 0 Å². The Kier molecular flexibility index (Phi) is 4.41. The molecular formula is C24H19FN4. The summed E-state index contributed by atoms with van der Waals surface area (Å²) in [7, 11) is 0. The maximum atomic E-state index is 13.7. The fourth-order valence-electron chi connectivity index (χ4n) is 3.62. The third-order valence-electron chi connectivity index (χ3n) is 5.05. The van der Waals surface area contributed by atoms with Crippen LogP contribution in [0.3, 0.4) is 0 Å². The molecule has 0 aliphatic carbocycles. The van der Waals surface area contributed by atoms with Crippen molar-refractivity contribution >= 4 is 27.6 Å². The second-order valence-corrected chi connectivity index (χ2v) is 6.96. The van der Waals surface area contributed by atoms with Crippen molar-refractivity contribution in [2.75, 3.05) is 11.9 Å². The van der Waals surface area contributed by atoms with Gasteiger partial charge in [-0.2, -0.15) is 0 Å². The molecule has 3 aromatic carbocycles. The van der Waals surface area contributed by atoms with Gasteiger partial charge < -0.3 is 10.3 Å². The number of nitrogens with one attached hydrogen (secondary N) is 2. The predicted octanol–water partition coefficient (Wildman–Crippen LogP) is 5.57. The third kappa shape index (κ3) is 3.43. The van der Waals surface area contributed by atoms with Crippen molar-refractivity contribution in [2.45, 2.75) is 6.42 Å². The molecule has 0 aliphatic rings. The minimum atomic E-state index is -0.298.